The summed E-state index contributed by atoms with van der Waals surface area (Å²) < 4.78 is 15.7. The predicted octanol–water partition coefficient (Wildman–Crippen LogP) is 0.244. The van der Waals surface area contributed by atoms with Crippen molar-refractivity contribution in [3.8, 4) is 0 Å². The maximum absolute atomic E-state index is 11.9. The van der Waals surface area contributed by atoms with Gasteiger partial charge in [0.1, 0.15) is 0 Å². The number of morpholine rings is 1. The van der Waals surface area contributed by atoms with Gasteiger partial charge < -0.3 is 19.1 Å². The minimum absolute atomic E-state index is 0.0954. The summed E-state index contributed by atoms with van der Waals surface area (Å²) in [5.74, 6) is -0.0954. The molecular weight excluding hydrogens is 198 g/mol. The highest BCUT2D eigenvalue weighted by molar-refractivity contribution is 5.79. The fourth-order valence-corrected chi connectivity index (χ4v) is 1.43. The maximum atomic E-state index is 11.9. The smallest absolute Gasteiger partial charge is 0.279 e. The first kappa shape index (κ1) is 12.4. The van der Waals surface area contributed by atoms with Crippen LogP contribution in [0, 0.1) is 0 Å². The van der Waals surface area contributed by atoms with Crippen molar-refractivity contribution in [2.75, 3.05) is 39.5 Å². The molecule has 0 aromatic heterocycles. The maximum Gasteiger partial charge on any atom is 0.279 e. The molecule has 1 saturated heterocycles. The van der Waals surface area contributed by atoms with E-state index >= 15 is 0 Å². The van der Waals surface area contributed by atoms with Crippen molar-refractivity contribution in [1.29, 1.82) is 0 Å². The van der Waals surface area contributed by atoms with Gasteiger partial charge in [-0.2, -0.15) is 0 Å². The molecule has 0 spiro atoms. The molecule has 1 amide bonds. The highest BCUT2D eigenvalue weighted by Crippen LogP contribution is 2.05. The van der Waals surface area contributed by atoms with Gasteiger partial charge in [0, 0.05) is 26.3 Å². The number of rotatable bonds is 5. The van der Waals surface area contributed by atoms with Crippen LogP contribution in [0.4, 0.5) is 0 Å². The molecule has 1 aliphatic rings. The molecule has 15 heavy (non-hydrogen) atoms. The number of hydrogen-bond acceptors (Lipinski definition) is 4. The van der Waals surface area contributed by atoms with Gasteiger partial charge in [-0.3, -0.25) is 4.79 Å². The van der Waals surface area contributed by atoms with E-state index in [1.807, 2.05) is 13.8 Å². The van der Waals surface area contributed by atoms with Crippen LogP contribution in [-0.2, 0) is 19.0 Å². The number of nitrogens with zero attached hydrogens (tertiary/aromatic N) is 1. The van der Waals surface area contributed by atoms with Crippen molar-refractivity contribution >= 4 is 5.91 Å². The number of ether oxygens (including phenoxy) is 3. The van der Waals surface area contributed by atoms with E-state index in [0.717, 1.165) is 0 Å². The zero-order valence-electron chi connectivity index (χ0n) is 9.40. The van der Waals surface area contributed by atoms with Gasteiger partial charge in [-0.25, -0.2) is 0 Å². The van der Waals surface area contributed by atoms with E-state index in [1.165, 1.54) is 0 Å². The third-order valence-corrected chi connectivity index (χ3v) is 2.16. The van der Waals surface area contributed by atoms with Crippen LogP contribution in [0.15, 0.2) is 0 Å². The molecule has 0 radical (unpaired) electrons. The average Bonchev–Trinajstić information content (AvgIpc) is 2.29. The van der Waals surface area contributed by atoms with Crippen molar-refractivity contribution in [2.45, 2.75) is 20.1 Å². The Balaban J connectivity index is 2.45. The molecule has 0 aromatic carbocycles. The number of hydrogen-bond donors (Lipinski definition) is 0. The molecule has 5 heteroatoms. The molecule has 0 bridgehead atoms. The van der Waals surface area contributed by atoms with E-state index in [9.17, 15) is 4.79 Å². The van der Waals surface area contributed by atoms with E-state index in [2.05, 4.69) is 0 Å². The molecule has 0 unspecified atom stereocenters. The molecular formula is C10H19NO4. The topological polar surface area (TPSA) is 48.0 Å². The van der Waals surface area contributed by atoms with Gasteiger partial charge in [-0.1, -0.05) is 0 Å². The molecule has 0 aromatic rings. The van der Waals surface area contributed by atoms with Gasteiger partial charge in [-0.15, -0.1) is 0 Å². The highest BCUT2D eigenvalue weighted by atomic mass is 16.7. The van der Waals surface area contributed by atoms with Crippen LogP contribution in [-0.4, -0.2) is 56.6 Å². The summed E-state index contributed by atoms with van der Waals surface area (Å²) in [6, 6.07) is 0. The molecule has 1 rings (SSSR count). The molecule has 1 heterocycles. The molecule has 0 aliphatic carbocycles. The summed E-state index contributed by atoms with van der Waals surface area (Å²) >= 11 is 0. The van der Waals surface area contributed by atoms with Crippen LogP contribution in [0.25, 0.3) is 0 Å². The molecule has 5 nitrogen and oxygen atoms in total. The Morgan fingerprint density at radius 1 is 1.27 bits per heavy atom. The predicted molar refractivity (Wildman–Crippen MR) is 54.4 cm³/mol. The number of amides is 1. The van der Waals surface area contributed by atoms with Gasteiger partial charge >= 0.3 is 0 Å². The van der Waals surface area contributed by atoms with Gasteiger partial charge in [0.15, 0.2) is 0 Å². The van der Waals surface area contributed by atoms with Crippen LogP contribution in [0.5, 0.6) is 0 Å². The third-order valence-electron chi connectivity index (χ3n) is 2.16. The van der Waals surface area contributed by atoms with Crippen LogP contribution >= 0.6 is 0 Å². The van der Waals surface area contributed by atoms with E-state index in [-0.39, 0.29) is 5.91 Å². The summed E-state index contributed by atoms with van der Waals surface area (Å²) in [4.78, 5) is 13.6. The summed E-state index contributed by atoms with van der Waals surface area (Å²) in [6.07, 6.45) is -0.752. The Kier molecular flexibility index (Phi) is 5.60. The standard InChI is InChI=1S/C10H19NO4/c1-3-14-10(15-4-2)9(12)11-5-7-13-8-6-11/h10H,3-8H2,1-2H3. The van der Waals surface area contributed by atoms with Gasteiger partial charge in [-0.05, 0) is 13.8 Å². The molecule has 0 saturated carbocycles. The SMILES string of the molecule is CCOC(OCC)C(=O)N1CCOCC1. The second-order valence-corrected chi connectivity index (χ2v) is 3.18. The van der Waals surface area contributed by atoms with Crippen LogP contribution in [0.3, 0.4) is 0 Å². The first-order valence-corrected chi connectivity index (χ1v) is 5.39. The zero-order chi connectivity index (χ0) is 11.1. The lowest BCUT2D eigenvalue weighted by Crippen LogP contribution is -2.47. The summed E-state index contributed by atoms with van der Waals surface area (Å²) in [5, 5.41) is 0. The summed E-state index contributed by atoms with van der Waals surface area (Å²) in [7, 11) is 0. The number of carbonyl (C=O) groups excluding carboxylic acids is 1. The fraction of sp³-hybridized carbons (Fsp3) is 0.900. The number of carbonyl (C=O) groups is 1. The van der Waals surface area contributed by atoms with E-state index in [0.29, 0.717) is 39.5 Å². The Labute approximate surface area is 90.3 Å². The van der Waals surface area contributed by atoms with Gasteiger partial charge in [0.25, 0.3) is 5.91 Å². The monoisotopic (exact) mass is 217 g/mol. The lowest BCUT2D eigenvalue weighted by Gasteiger charge is -2.29. The third kappa shape index (κ3) is 3.77. The van der Waals surface area contributed by atoms with Crippen LogP contribution in [0.2, 0.25) is 0 Å². The largest absolute Gasteiger partial charge is 0.378 e. The minimum atomic E-state index is -0.752. The van der Waals surface area contributed by atoms with Crippen LogP contribution < -0.4 is 0 Å². The van der Waals surface area contributed by atoms with Crippen molar-refractivity contribution in [2.24, 2.45) is 0 Å². The summed E-state index contributed by atoms with van der Waals surface area (Å²) in [6.45, 7) is 7.07. The highest BCUT2D eigenvalue weighted by Gasteiger charge is 2.26. The van der Waals surface area contributed by atoms with Gasteiger partial charge in [0.2, 0.25) is 6.29 Å². The lowest BCUT2D eigenvalue weighted by molar-refractivity contribution is -0.183. The molecule has 1 aliphatic heterocycles. The van der Waals surface area contributed by atoms with Crippen molar-refractivity contribution in [3.05, 3.63) is 0 Å². The molecule has 1 fully saturated rings. The van der Waals surface area contributed by atoms with Gasteiger partial charge in [0.05, 0.1) is 13.2 Å². The van der Waals surface area contributed by atoms with Crippen molar-refractivity contribution in [1.82, 2.24) is 4.90 Å². The second kappa shape index (κ2) is 6.76. The first-order valence-electron chi connectivity index (χ1n) is 5.39. The molecule has 88 valence electrons. The second-order valence-electron chi connectivity index (χ2n) is 3.18. The normalized spacial score (nSPS) is 17.1. The molecule has 0 atom stereocenters. The first-order chi connectivity index (χ1) is 7.29. The Morgan fingerprint density at radius 3 is 2.27 bits per heavy atom. The fourth-order valence-electron chi connectivity index (χ4n) is 1.43. The van der Waals surface area contributed by atoms with Crippen LogP contribution in [0.1, 0.15) is 13.8 Å². The lowest BCUT2D eigenvalue weighted by atomic mass is 10.4. The Morgan fingerprint density at radius 2 is 1.80 bits per heavy atom. The van der Waals surface area contributed by atoms with Crippen molar-refractivity contribution < 1.29 is 19.0 Å². The van der Waals surface area contributed by atoms with E-state index < -0.39 is 6.29 Å². The Hall–Kier alpha value is -0.650. The molecule has 0 N–H and O–H groups in total. The average molecular weight is 217 g/mol. The van der Waals surface area contributed by atoms with E-state index in [1.54, 1.807) is 4.90 Å². The van der Waals surface area contributed by atoms with E-state index in [4.69, 9.17) is 14.2 Å². The minimum Gasteiger partial charge on any atom is -0.378 e. The quantitative estimate of drug-likeness (QED) is 0.619. The Bertz CT molecular complexity index is 186. The summed E-state index contributed by atoms with van der Waals surface area (Å²) in [5.41, 5.74) is 0. The van der Waals surface area contributed by atoms with Crippen molar-refractivity contribution in [3.63, 3.8) is 0 Å². The zero-order valence-corrected chi connectivity index (χ0v) is 9.40.